The minimum absolute atomic E-state index is 0.106. The normalized spacial score (nSPS) is 19.1. The van der Waals surface area contributed by atoms with Crippen LogP contribution in [0.5, 0.6) is 0 Å². The van der Waals surface area contributed by atoms with E-state index in [1.54, 1.807) is 30.0 Å². The van der Waals surface area contributed by atoms with Crippen molar-refractivity contribution in [2.24, 2.45) is 0 Å². The number of carbonyl (C=O) groups is 2. The van der Waals surface area contributed by atoms with Crippen LogP contribution in [-0.2, 0) is 4.79 Å². The zero-order valence-corrected chi connectivity index (χ0v) is 10.00. The average Bonchev–Trinajstić information content (AvgIpc) is 2.73. The Labute approximate surface area is 103 Å². The summed E-state index contributed by atoms with van der Waals surface area (Å²) in [5, 5.41) is 11.7. The molecule has 0 bridgehead atoms. The maximum absolute atomic E-state index is 11.0. The second kappa shape index (κ2) is 5.23. The molecule has 17 heavy (non-hydrogen) atoms. The molecule has 2 rings (SSSR count). The molecule has 1 aliphatic heterocycles. The van der Waals surface area contributed by atoms with Crippen LogP contribution in [0, 0.1) is 0 Å². The van der Waals surface area contributed by atoms with Crippen LogP contribution in [0.25, 0.3) is 0 Å². The molecule has 1 aromatic carbocycles. The van der Waals surface area contributed by atoms with Crippen molar-refractivity contribution < 1.29 is 14.7 Å². The fraction of sp³-hybridized carbons (Fsp3) is 0.333. The van der Waals surface area contributed by atoms with E-state index < -0.39 is 5.97 Å². The van der Waals surface area contributed by atoms with E-state index in [-0.39, 0.29) is 11.9 Å². The number of rotatable bonds is 4. The van der Waals surface area contributed by atoms with Crippen LogP contribution in [0.3, 0.4) is 0 Å². The number of carboxylic acid groups (broad SMARTS) is 1. The lowest BCUT2D eigenvalue weighted by Crippen LogP contribution is -2.27. The molecule has 1 aromatic rings. The molecule has 1 heterocycles. The summed E-state index contributed by atoms with van der Waals surface area (Å²) in [7, 11) is 0. The highest BCUT2D eigenvalue weighted by atomic mass is 32.2. The molecule has 1 atom stereocenters. The average molecular weight is 251 g/mol. The van der Waals surface area contributed by atoms with Gasteiger partial charge in [-0.05, 0) is 24.6 Å². The maximum atomic E-state index is 11.0. The maximum Gasteiger partial charge on any atom is 0.335 e. The molecular weight excluding hydrogens is 238 g/mol. The van der Waals surface area contributed by atoms with E-state index in [1.165, 1.54) is 0 Å². The standard InChI is InChI=1S/C12H13NO3S/c14-11-5-4-9(13-11)7-17-10-3-1-2-8(6-10)12(15)16/h1-3,6,9H,4-5,7H2,(H,13,14)(H,15,16). The van der Waals surface area contributed by atoms with Gasteiger partial charge in [-0.2, -0.15) is 0 Å². The van der Waals surface area contributed by atoms with Crippen molar-refractivity contribution in [1.29, 1.82) is 0 Å². The molecule has 0 saturated carbocycles. The first kappa shape index (κ1) is 12.0. The number of carbonyl (C=O) groups excluding carboxylic acids is 1. The zero-order valence-electron chi connectivity index (χ0n) is 9.18. The van der Waals surface area contributed by atoms with Crippen LogP contribution in [0.15, 0.2) is 29.2 Å². The molecule has 4 nitrogen and oxygen atoms in total. The summed E-state index contributed by atoms with van der Waals surface area (Å²) in [6.45, 7) is 0. The lowest BCUT2D eigenvalue weighted by atomic mass is 10.2. The first-order chi connectivity index (χ1) is 8.15. The predicted molar refractivity (Wildman–Crippen MR) is 65.3 cm³/mol. The number of thioether (sulfide) groups is 1. The lowest BCUT2D eigenvalue weighted by Gasteiger charge is -2.09. The second-order valence-electron chi connectivity index (χ2n) is 3.95. The largest absolute Gasteiger partial charge is 0.478 e. The molecule has 1 aliphatic rings. The number of hydrogen-bond donors (Lipinski definition) is 2. The second-order valence-corrected chi connectivity index (χ2v) is 5.04. The highest BCUT2D eigenvalue weighted by Crippen LogP contribution is 2.22. The van der Waals surface area contributed by atoms with E-state index in [0.717, 1.165) is 17.1 Å². The monoisotopic (exact) mass is 251 g/mol. The van der Waals surface area contributed by atoms with Crippen molar-refractivity contribution in [1.82, 2.24) is 5.32 Å². The molecule has 5 heteroatoms. The highest BCUT2D eigenvalue weighted by Gasteiger charge is 2.20. The van der Waals surface area contributed by atoms with Crippen molar-refractivity contribution in [3.63, 3.8) is 0 Å². The molecule has 1 unspecified atom stereocenters. The van der Waals surface area contributed by atoms with Crippen LogP contribution in [0.4, 0.5) is 0 Å². The molecule has 0 aromatic heterocycles. The summed E-state index contributed by atoms with van der Waals surface area (Å²) in [5.41, 5.74) is 0.297. The van der Waals surface area contributed by atoms with E-state index in [1.807, 2.05) is 6.07 Å². The summed E-state index contributed by atoms with van der Waals surface area (Å²) in [5.74, 6) is -0.0223. The van der Waals surface area contributed by atoms with Crippen LogP contribution in [0.1, 0.15) is 23.2 Å². The molecule has 90 valence electrons. The summed E-state index contributed by atoms with van der Waals surface area (Å²) in [6.07, 6.45) is 1.46. The Morgan fingerprint density at radius 3 is 3.00 bits per heavy atom. The molecule has 0 radical (unpaired) electrons. The van der Waals surface area contributed by atoms with Gasteiger partial charge in [-0.1, -0.05) is 6.07 Å². The van der Waals surface area contributed by atoms with Crippen molar-refractivity contribution in [2.75, 3.05) is 5.75 Å². The quantitative estimate of drug-likeness (QED) is 0.800. The fourth-order valence-electron chi connectivity index (χ4n) is 1.72. The fourth-order valence-corrected chi connectivity index (χ4v) is 2.75. The van der Waals surface area contributed by atoms with Gasteiger partial charge in [0.05, 0.1) is 5.56 Å². The Hall–Kier alpha value is -1.49. The molecular formula is C12H13NO3S. The third kappa shape index (κ3) is 3.23. The van der Waals surface area contributed by atoms with Crippen LogP contribution < -0.4 is 5.32 Å². The van der Waals surface area contributed by atoms with E-state index in [4.69, 9.17) is 5.11 Å². The Morgan fingerprint density at radius 1 is 1.53 bits per heavy atom. The summed E-state index contributed by atoms with van der Waals surface area (Å²) in [6, 6.07) is 7.06. The summed E-state index contributed by atoms with van der Waals surface area (Å²) in [4.78, 5) is 22.7. The number of nitrogens with one attached hydrogen (secondary N) is 1. The molecule has 1 fully saturated rings. The molecule has 0 spiro atoms. The number of aromatic carboxylic acids is 1. The Kier molecular flexibility index (Phi) is 3.68. The topological polar surface area (TPSA) is 66.4 Å². The van der Waals surface area contributed by atoms with Gasteiger partial charge in [0, 0.05) is 23.1 Å². The van der Waals surface area contributed by atoms with Gasteiger partial charge in [0.2, 0.25) is 5.91 Å². The first-order valence-electron chi connectivity index (χ1n) is 5.40. The van der Waals surface area contributed by atoms with E-state index in [0.29, 0.717) is 12.0 Å². The third-order valence-electron chi connectivity index (χ3n) is 2.62. The van der Waals surface area contributed by atoms with Crippen molar-refractivity contribution in [3.8, 4) is 0 Å². The van der Waals surface area contributed by atoms with Crippen LogP contribution >= 0.6 is 11.8 Å². The van der Waals surface area contributed by atoms with Gasteiger partial charge in [-0.25, -0.2) is 4.79 Å². The number of hydrogen-bond acceptors (Lipinski definition) is 3. The van der Waals surface area contributed by atoms with Crippen molar-refractivity contribution in [3.05, 3.63) is 29.8 Å². The molecule has 1 amide bonds. The van der Waals surface area contributed by atoms with Gasteiger partial charge in [0.25, 0.3) is 0 Å². The Morgan fingerprint density at radius 2 is 2.35 bits per heavy atom. The van der Waals surface area contributed by atoms with Gasteiger partial charge < -0.3 is 10.4 Å². The highest BCUT2D eigenvalue weighted by molar-refractivity contribution is 7.99. The van der Waals surface area contributed by atoms with Gasteiger partial charge in [-0.15, -0.1) is 11.8 Å². The third-order valence-corrected chi connectivity index (χ3v) is 3.77. The minimum atomic E-state index is -0.915. The zero-order chi connectivity index (χ0) is 12.3. The van der Waals surface area contributed by atoms with Gasteiger partial charge in [0.1, 0.15) is 0 Å². The first-order valence-corrected chi connectivity index (χ1v) is 6.39. The van der Waals surface area contributed by atoms with Crippen LogP contribution in [-0.4, -0.2) is 28.8 Å². The van der Waals surface area contributed by atoms with Gasteiger partial charge in [0.15, 0.2) is 0 Å². The number of carboxylic acids is 1. The van der Waals surface area contributed by atoms with E-state index in [2.05, 4.69) is 5.32 Å². The van der Waals surface area contributed by atoms with Crippen molar-refractivity contribution in [2.45, 2.75) is 23.8 Å². The molecule has 2 N–H and O–H groups in total. The summed E-state index contributed by atoms with van der Waals surface area (Å²) < 4.78 is 0. The number of amides is 1. The van der Waals surface area contributed by atoms with E-state index in [9.17, 15) is 9.59 Å². The van der Waals surface area contributed by atoms with Gasteiger partial charge >= 0.3 is 5.97 Å². The SMILES string of the molecule is O=C1CCC(CSc2cccc(C(=O)O)c2)N1. The Balaban J connectivity index is 1.92. The summed E-state index contributed by atoms with van der Waals surface area (Å²) >= 11 is 1.57. The predicted octanol–water partition coefficient (Wildman–Crippen LogP) is 1.76. The number of benzene rings is 1. The van der Waals surface area contributed by atoms with E-state index >= 15 is 0 Å². The molecule has 1 saturated heterocycles. The van der Waals surface area contributed by atoms with Gasteiger partial charge in [-0.3, -0.25) is 4.79 Å². The Bertz CT molecular complexity index is 447. The smallest absolute Gasteiger partial charge is 0.335 e. The minimum Gasteiger partial charge on any atom is -0.478 e. The van der Waals surface area contributed by atoms with Crippen LogP contribution in [0.2, 0.25) is 0 Å². The molecule has 0 aliphatic carbocycles. The lowest BCUT2D eigenvalue weighted by molar-refractivity contribution is -0.119. The van der Waals surface area contributed by atoms with Crippen molar-refractivity contribution >= 4 is 23.6 Å².